The predicted octanol–water partition coefficient (Wildman–Crippen LogP) is 2.04. The van der Waals surface area contributed by atoms with Crippen LogP contribution in [-0.4, -0.2) is 39.3 Å². The Balaban J connectivity index is 1.76. The number of hydrogen-bond donors (Lipinski definition) is 2. The molecular weight excluding hydrogens is 336 g/mol. The molecule has 0 atom stereocenters. The number of ether oxygens (including phenoxy) is 2. The molecule has 2 aromatic rings. The number of anilines is 1. The Bertz CT molecular complexity index is 734. The molecule has 0 spiro atoms. The van der Waals surface area contributed by atoms with Gasteiger partial charge in [0, 0.05) is 16.0 Å². The molecule has 6 heteroatoms. The number of benzene rings is 1. The number of rotatable bonds is 5. The number of hydrogen-bond acceptors (Lipinski definition) is 4. The van der Waals surface area contributed by atoms with Gasteiger partial charge in [-0.15, -0.1) is 11.3 Å². The van der Waals surface area contributed by atoms with Crippen molar-refractivity contribution in [2.75, 3.05) is 38.7 Å². The van der Waals surface area contributed by atoms with Crippen LogP contribution in [0.3, 0.4) is 0 Å². The summed E-state index contributed by atoms with van der Waals surface area (Å²) < 4.78 is 10.6. The smallest absolute Gasteiger partial charge is 0.256 e. The number of methoxy groups -OCH3 is 1. The number of quaternary nitrogens is 1. The zero-order chi connectivity index (χ0) is 17.8. The Morgan fingerprint density at radius 1 is 1.24 bits per heavy atom. The van der Waals surface area contributed by atoms with Gasteiger partial charge in [-0.3, -0.25) is 4.79 Å². The van der Waals surface area contributed by atoms with E-state index in [-0.39, 0.29) is 5.91 Å². The molecule has 0 radical (unpaired) electrons. The first-order valence-corrected chi connectivity index (χ1v) is 9.35. The second-order valence-electron chi connectivity index (χ2n) is 6.31. The number of morpholine rings is 1. The van der Waals surface area contributed by atoms with E-state index in [0.717, 1.165) is 43.6 Å². The maximum atomic E-state index is 12.6. The molecule has 1 aromatic carbocycles. The maximum Gasteiger partial charge on any atom is 0.256 e. The quantitative estimate of drug-likeness (QED) is 0.857. The van der Waals surface area contributed by atoms with E-state index in [2.05, 4.69) is 19.2 Å². The zero-order valence-corrected chi connectivity index (χ0v) is 15.8. The monoisotopic (exact) mass is 361 g/mol. The number of thiophene rings is 1. The van der Waals surface area contributed by atoms with Gasteiger partial charge in [-0.25, -0.2) is 0 Å². The molecule has 0 bridgehead atoms. The van der Waals surface area contributed by atoms with Crippen LogP contribution in [0, 0.1) is 13.8 Å². The fourth-order valence-corrected chi connectivity index (χ4v) is 4.07. The highest BCUT2D eigenvalue weighted by atomic mass is 32.1. The Labute approximate surface area is 152 Å². The molecule has 5 nitrogen and oxygen atoms in total. The largest absolute Gasteiger partial charge is 0.497 e. The average molecular weight is 361 g/mol. The zero-order valence-electron chi connectivity index (χ0n) is 15.0. The van der Waals surface area contributed by atoms with Crippen molar-refractivity contribution in [1.82, 2.24) is 0 Å². The van der Waals surface area contributed by atoms with Crippen molar-refractivity contribution in [2.24, 2.45) is 0 Å². The standard InChI is InChI=1S/C19H24N2O3S/c1-13-14(2)25-19(17(13)12-21-8-10-24-11-9-21)20-18(22)15-4-6-16(23-3)7-5-15/h4-7H,8-12H2,1-3H3,(H,20,22)/p+1. The van der Waals surface area contributed by atoms with Crippen molar-refractivity contribution in [1.29, 1.82) is 0 Å². The fraction of sp³-hybridized carbons (Fsp3) is 0.421. The maximum absolute atomic E-state index is 12.6. The second-order valence-corrected chi connectivity index (χ2v) is 7.54. The molecule has 0 unspecified atom stereocenters. The van der Waals surface area contributed by atoms with Gasteiger partial charge in [0.1, 0.15) is 30.4 Å². The number of carbonyl (C=O) groups is 1. The molecule has 134 valence electrons. The molecule has 2 N–H and O–H groups in total. The summed E-state index contributed by atoms with van der Waals surface area (Å²) in [6.45, 7) is 8.83. The fourth-order valence-electron chi connectivity index (χ4n) is 2.99. The summed E-state index contributed by atoms with van der Waals surface area (Å²) in [4.78, 5) is 15.4. The van der Waals surface area contributed by atoms with Crippen LogP contribution in [-0.2, 0) is 11.3 Å². The van der Waals surface area contributed by atoms with E-state index in [0.29, 0.717) is 5.56 Å². The molecule has 1 fully saturated rings. The summed E-state index contributed by atoms with van der Waals surface area (Å²) >= 11 is 1.66. The van der Waals surface area contributed by atoms with Crippen molar-refractivity contribution in [3.63, 3.8) is 0 Å². The van der Waals surface area contributed by atoms with Crippen LogP contribution >= 0.6 is 11.3 Å². The Morgan fingerprint density at radius 2 is 1.92 bits per heavy atom. The van der Waals surface area contributed by atoms with Gasteiger partial charge in [0.25, 0.3) is 5.91 Å². The van der Waals surface area contributed by atoms with Gasteiger partial charge in [-0.05, 0) is 43.7 Å². The lowest BCUT2D eigenvalue weighted by Crippen LogP contribution is -3.12. The van der Waals surface area contributed by atoms with Crippen molar-refractivity contribution in [2.45, 2.75) is 20.4 Å². The van der Waals surface area contributed by atoms with E-state index in [9.17, 15) is 4.79 Å². The predicted molar refractivity (Wildman–Crippen MR) is 100.0 cm³/mol. The third-order valence-electron chi connectivity index (χ3n) is 4.72. The van der Waals surface area contributed by atoms with Crippen LogP contribution < -0.4 is 15.0 Å². The summed E-state index contributed by atoms with van der Waals surface area (Å²) in [7, 11) is 1.62. The van der Waals surface area contributed by atoms with Gasteiger partial charge in [0.05, 0.1) is 20.3 Å². The molecule has 3 rings (SSSR count). The van der Waals surface area contributed by atoms with Crippen LogP contribution in [0.5, 0.6) is 5.75 Å². The number of carbonyl (C=O) groups excluding carboxylic acids is 1. The lowest BCUT2D eigenvalue weighted by atomic mass is 10.1. The van der Waals surface area contributed by atoms with Crippen molar-refractivity contribution >= 4 is 22.2 Å². The van der Waals surface area contributed by atoms with Crippen LogP contribution in [0.25, 0.3) is 0 Å². The first-order chi connectivity index (χ1) is 12.1. The Morgan fingerprint density at radius 3 is 2.56 bits per heavy atom. The van der Waals surface area contributed by atoms with E-state index in [1.807, 2.05) is 0 Å². The van der Waals surface area contributed by atoms with Gasteiger partial charge in [-0.1, -0.05) is 0 Å². The van der Waals surface area contributed by atoms with Gasteiger partial charge >= 0.3 is 0 Å². The van der Waals surface area contributed by atoms with Crippen molar-refractivity contribution in [3.8, 4) is 5.75 Å². The summed E-state index contributed by atoms with van der Waals surface area (Å²) in [6.07, 6.45) is 0. The van der Waals surface area contributed by atoms with Gasteiger partial charge in [-0.2, -0.15) is 0 Å². The highest BCUT2D eigenvalue weighted by Gasteiger charge is 2.22. The minimum absolute atomic E-state index is 0.0814. The van der Waals surface area contributed by atoms with Crippen molar-refractivity contribution in [3.05, 3.63) is 45.8 Å². The van der Waals surface area contributed by atoms with E-state index in [1.165, 1.54) is 20.9 Å². The molecule has 1 aliphatic heterocycles. The van der Waals surface area contributed by atoms with E-state index >= 15 is 0 Å². The van der Waals surface area contributed by atoms with Crippen molar-refractivity contribution < 1.29 is 19.2 Å². The molecule has 0 saturated carbocycles. The Hall–Kier alpha value is -1.89. The third kappa shape index (κ3) is 4.21. The topological polar surface area (TPSA) is 52.0 Å². The molecule has 1 aromatic heterocycles. The van der Waals surface area contributed by atoms with E-state index < -0.39 is 0 Å². The molecule has 1 aliphatic rings. The third-order valence-corrected chi connectivity index (χ3v) is 5.88. The Kier molecular flexibility index (Phi) is 5.73. The molecule has 1 saturated heterocycles. The molecule has 1 amide bonds. The van der Waals surface area contributed by atoms with Gasteiger partial charge in [0.15, 0.2) is 0 Å². The highest BCUT2D eigenvalue weighted by molar-refractivity contribution is 7.16. The summed E-state index contributed by atoms with van der Waals surface area (Å²) in [5.74, 6) is 0.665. The van der Waals surface area contributed by atoms with Gasteiger partial charge in [0.2, 0.25) is 0 Å². The number of aryl methyl sites for hydroxylation is 1. The first kappa shape index (κ1) is 17.9. The number of nitrogens with one attached hydrogen (secondary N) is 2. The summed E-state index contributed by atoms with van der Waals surface area (Å²) in [5, 5.41) is 4.08. The molecule has 25 heavy (non-hydrogen) atoms. The summed E-state index contributed by atoms with van der Waals surface area (Å²) in [5.41, 5.74) is 3.17. The molecule has 2 heterocycles. The second kappa shape index (κ2) is 7.99. The minimum atomic E-state index is -0.0814. The SMILES string of the molecule is COc1ccc(C(=O)Nc2sc(C)c(C)c2C[NH+]2CCOCC2)cc1. The van der Waals surface area contributed by atoms with Gasteiger partial charge < -0.3 is 19.7 Å². The first-order valence-electron chi connectivity index (χ1n) is 8.54. The highest BCUT2D eigenvalue weighted by Crippen LogP contribution is 2.32. The van der Waals surface area contributed by atoms with Crippen LogP contribution in [0.4, 0.5) is 5.00 Å². The summed E-state index contributed by atoms with van der Waals surface area (Å²) in [6, 6.07) is 7.18. The van der Waals surface area contributed by atoms with Crippen LogP contribution in [0.1, 0.15) is 26.4 Å². The van der Waals surface area contributed by atoms with Crippen LogP contribution in [0.15, 0.2) is 24.3 Å². The molecular formula is C19H25N2O3S+. The average Bonchev–Trinajstić information content (AvgIpc) is 2.90. The van der Waals surface area contributed by atoms with E-state index in [4.69, 9.17) is 9.47 Å². The lowest BCUT2D eigenvalue weighted by molar-refractivity contribution is -0.921. The normalized spacial score (nSPS) is 15.2. The van der Waals surface area contributed by atoms with E-state index in [1.54, 1.807) is 42.7 Å². The number of amides is 1. The molecule has 0 aliphatic carbocycles. The van der Waals surface area contributed by atoms with Crippen LogP contribution in [0.2, 0.25) is 0 Å². The lowest BCUT2D eigenvalue weighted by Gasteiger charge is -2.24. The minimum Gasteiger partial charge on any atom is -0.497 e.